The summed E-state index contributed by atoms with van der Waals surface area (Å²) in [4.78, 5) is 13.8. The van der Waals surface area contributed by atoms with Crippen LogP contribution in [0.4, 0.5) is 0 Å². The molecule has 0 saturated carbocycles. The van der Waals surface area contributed by atoms with E-state index in [1.54, 1.807) is 0 Å². The highest BCUT2D eigenvalue weighted by Gasteiger charge is 2.07. The van der Waals surface area contributed by atoms with Gasteiger partial charge in [-0.15, -0.1) is 0 Å². The van der Waals surface area contributed by atoms with Crippen molar-refractivity contribution in [1.82, 2.24) is 10.2 Å². The minimum Gasteiger partial charge on any atom is -0.384 e. The van der Waals surface area contributed by atoms with Crippen LogP contribution >= 0.6 is 12.2 Å². The number of allylic oxidation sites excluding steroid dienone is 2. The summed E-state index contributed by atoms with van der Waals surface area (Å²) in [6.07, 6.45) is 4.10. The van der Waals surface area contributed by atoms with Gasteiger partial charge in [-0.25, -0.2) is 0 Å². The van der Waals surface area contributed by atoms with Crippen molar-refractivity contribution in [3.63, 3.8) is 0 Å². The molecule has 0 saturated heterocycles. The third-order valence-corrected chi connectivity index (χ3v) is 3.18. The quantitative estimate of drug-likeness (QED) is 0.401. The van der Waals surface area contributed by atoms with E-state index in [1.165, 1.54) is 6.92 Å². The Bertz CT molecular complexity index is 288. The van der Waals surface area contributed by atoms with Crippen molar-refractivity contribution in [3.05, 3.63) is 11.8 Å². The van der Waals surface area contributed by atoms with E-state index in [-0.39, 0.29) is 5.78 Å². The molecule has 3 nitrogen and oxygen atoms in total. The molecule has 0 fully saturated rings. The number of ketones is 1. The lowest BCUT2D eigenvalue weighted by atomic mass is 10.2. The van der Waals surface area contributed by atoms with Crippen LogP contribution in [0.15, 0.2) is 11.8 Å². The Morgan fingerprint density at radius 1 is 1.32 bits per heavy atom. The van der Waals surface area contributed by atoms with Crippen molar-refractivity contribution in [3.8, 4) is 0 Å². The van der Waals surface area contributed by atoms with Crippen LogP contribution in [-0.2, 0) is 4.79 Å². The van der Waals surface area contributed by atoms with Gasteiger partial charge in [-0.2, -0.15) is 0 Å². The number of rotatable bonds is 9. The van der Waals surface area contributed by atoms with Gasteiger partial charge >= 0.3 is 0 Å². The summed E-state index contributed by atoms with van der Waals surface area (Å²) in [5.74, 6) is -0.0497. The Morgan fingerprint density at radius 3 is 2.32 bits per heavy atom. The van der Waals surface area contributed by atoms with Crippen LogP contribution in [0.3, 0.4) is 0 Å². The highest BCUT2D eigenvalue weighted by molar-refractivity contribution is 7.82. The molecule has 112 valence electrons. The standard InChI is InChI=1S/C13H24N2OS.C2H6/c1-5-12(13(17)11(3)16)14-9-7-8-10-15(4)6-2;1-2/h5,14H,6-10H2,1-4H3;1-2H3/b12-5-;. The second-order valence-electron chi connectivity index (χ2n) is 4.12. The second kappa shape index (κ2) is 13.7. The lowest BCUT2D eigenvalue weighted by Gasteiger charge is -2.14. The number of carbonyl (C=O) groups is 1. The molecule has 19 heavy (non-hydrogen) atoms. The molecule has 0 aromatic carbocycles. The zero-order valence-electron chi connectivity index (χ0n) is 13.4. The van der Waals surface area contributed by atoms with E-state index >= 15 is 0 Å². The lowest BCUT2D eigenvalue weighted by Crippen LogP contribution is -2.25. The fraction of sp³-hybridized carbons (Fsp3) is 0.733. The van der Waals surface area contributed by atoms with Crippen molar-refractivity contribution in [2.45, 2.75) is 47.5 Å². The minimum absolute atomic E-state index is 0.0497. The van der Waals surface area contributed by atoms with Crippen molar-refractivity contribution in [1.29, 1.82) is 0 Å². The zero-order valence-corrected chi connectivity index (χ0v) is 14.2. The van der Waals surface area contributed by atoms with Gasteiger partial charge in [0.05, 0.1) is 5.70 Å². The maximum absolute atomic E-state index is 11.1. The Labute approximate surface area is 124 Å². The van der Waals surface area contributed by atoms with Gasteiger partial charge in [0.15, 0.2) is 5.78 Å². The first-order valence-corrected chi connectivity index (χ1v) is 7.57. The largest absolute Gasteiger partial charge is 0.384 e. The molecule has 0 radical (unpaired) electrons. The average Bonchev–Trinajstić information content (AvgIpc) is 2.43. The molecular weight excluding hydrogens is 256 g/mol. The van der Waals surface area contributed by atoms with E-state index in [0.717, 1.165) is 38.2 Å². The van der Waals surface area contributed by atoms with Gasteiger partial charge in [-0.3, -0.25) is 4.79 Å². The number of carbonyl (C=O) groups excluding carboxylic acids is 1. The van der Waals surface area contributed by atoms with Crippen LogP contribution in [0.2, 0.25) is 0 Å². The number of thiocarbonyl (C=S) groups is 1. The summed E-state index contributed by atoms with van der Waals surface area (Å²) in [5, 5.41) is 3.22. The molecule has 0 heterocycles. The third kappa shape index (κ3) is 10.8. The van der Waals surface area contributed by atoms with E-state index in [9.17, 15) is 4.79 Å². The summed E-state index contributed by atoms with van der Waals surface area (Å²) in [6, 6.07) is 0. The summed E-state index contributed by atoms with van der Waals surface area (Å²) in [7, 11) is 2.12. The van der Waals surface area contributed by atoms with Crippen molar-refractivity contribution < 1.29 is 4.79 Å². The smallest absolute Gasteiger partial charge is 0.172 e. The molecule has 0 aliphatic carbocycles. The fourth-order valence-corrected chi connectivity index (χ4v) is 1.58. The van der Waals surface area contributed by atoms with Crippen molar-refractivity contribution in [2.75, 3.05) is 26.7 Å². The van der Waals surface area contributed by atoms with E-state index < -0.39 is 0 Å². The first-order valence-electron chi connectivity index (χ1n) is 7.16. The molecule has 0 spiro atoms. The molecule has 0 aromatic heterocycles. The third-order valence-electron chi connectivity index (χ3n) is 2.67. The normalized spacial score (nSPS) is 10.8. The predicted molar refractivity (Wildman–Crippen MR) is 88.8 cm³/mol. The molecule has 0 bridgehead atoms. The highest BCUT2D eigenvalue weighted by atomic mass is 32.1. The van der Waals surface area contributed by atoms with Crippen molar-refractivity contribution >= 4 is 22.9 Å². The van der Waals surface area contributed by atoms with Gasteiger partial charge in [0.2, 0.25) is 0 Å². The molecule has 0 aromatic rings. The van der Waals surface area contributed by atoms with Crippen LogP contribution in [0.5, 0.6) is 0 Å². The first kappa shape index (κ1) is 20.6. The molecule has 0 amide bonds. The van der Waals surface area contributed by atoms with Gasteiger partial charge in [0, 0.05) is 13.5 Å². The summed E-state index contributed by atoms with van der Waals surface area (Å²) >= 11 is 5.05. The molecule has 0 unspecified atom stereocenters. The second-order valence-corrected chi connectivity index (χ2v) is 4.53. The molecule has 0 rings (SSSR count). The number of nitrogens with zero attached hydrogens (tertiary/aromatic N) is 1. The van der Waals surface area contributed by atoms with E-state index in [2.05, 4.69) is 24.2 Å². The van der Waals surface area contributed by atoms with Gasteiger partial charge in [0.1, 0.15) is 4.86 Å². The Kier molecular flexibility index (Phi) is 14.8. The van der Waals surface area contributed by atoms with Crippen LogP contribution < -0.4 is 5.32 Å². The summed E-state index contributed by atoms with van der Waals surface area (Å²) in [5.41, 5.74) is 0.788. The molecular formula is C15H30N2OS. The number of Topliss-reactive ketones (excluding diaryl/α,β-unsaturated/α-hetero) is 1. The first-order chi connectivity index (χ1) is 9.02. The monoisotopic (exact) mass is 286 g/mol. The van der Waals surface area contributed by atoms with E-state index in [1.807, 2.05) is 26.8 Å². The average molecular weight is 286 g/mol. The minimum atomic E-state index is -0.0497. The molecule has 0 aliphatic heterocycles. The van der Waals surface area contributed by atoms with Crippen LogP contribution in [0, 0.1) is 0 Å². The summed E-state index contributed by atoms with van der Waals surface area (Å²) < 4.78 is 0. The van der Waals surface area contributed by atoms with Gasteiger partial charge in [0.25, 0.3) is 0 Å². The molecule has 0 aliphatic rings. The molecule has 4 heteroatoms. The number of nitrogens with one attached hydrogen (secondary N) is 1. The topological polar surface area (TPSA) is 32.3 Å². The number of unbranched alkanes of at least 4 members (excludes halogenated alkanes) is 1. The maximum Gasteiger partial charge on any atom is 0.172 e. The maximum atomic E-state index is 11.1. The zero-order chi connectivity index (χ0) is 15.3. The predicted octanol–water partition coefficient (Wildman–Crippen LogP) is 3.20. The Hall–Kier alpha value is -0.740. The van der Waals surface area contributed by atoms with Crippen LogP contribution in [0.25, 0.3) is 0 Å². The van der Waals surface area contributed by atoms with Gasteiger partial charge in [-0.05, 0) is 39.9 Å². The Morgan fingerprint density at radius 2 is 1.89 bits per heavy atom. The fourth-order valence-electron chi connectivity index (χ4n) is 1.39. The summed E-state index contributed by atoms with van der Waals surface area (Å²) in [6.45, 7) is 12.6. The highest BCUT2D eigenvalue weighted by Crippen LogP contribution is 1.98. The number of hydrogen-bond donors (Lipinski definition) is 1. The molecule has 0 atom stereocenters. The van der Waals surface area contributed by atoms with E-state index in [4.69, 9.17) is 12.2 Å². The Balaban J connectivity index is 0. The van der Waals surface area contributed by atoms with Gasteiger partial charge in [-0.1, -0.05) is 39.1 Å². The number of hydrogen-bond acceptors (Lipinski definition) is 4. The van der Waals surface area contributed by atoms with E-state index in [0.29, 0.717) is 4.86 Å². The van der Waals surface area contributed by atoms with Gasteiger partial charge < -0.3 is 10.2 Å². The van der Waals surface area contributed by atoms with Crippen LogP contribution in [-0.4, -0.2) is 42.2 Å². The molecule has 1 N–H and O–H groups in total. The van der Waals surface area contributed by atoms with Crippen LogP contribution in [0.1, 0.15) is 47.5 Å². The van der Waals surface area contributed by atoms with Crippen molar-refractivity contribution in [2.24, 2.45) is 0 Å². The SMILES string of the molecule is C/C=C(\NCCCCN(C)CC)C(=S)C(C)=O.CC. The lowest BCUT2D eigenvalue weighted by molar-refractivity contribution is -0.110.